The number of hydrogen-bond acceptors (Lipinski definition) is 8. The lowest BCUT2D eigenvalue weighted by Crippen LogP contribution is -2.57. The number of carbonyl (C=O) groups excluding carboxylic acids is 3. The van der Waals surface area contributed by atoms with E-state index in [0.29, 0.717) is 0 Å². The molecule has 1 unspecified atom stereocenters. The number of aromatic nitrogens is 1. The van der Waals surface area contributed by atoms with Gasteiger partial charge in [0.1, 0.15) is 17.3 Å². The van der Waals surface area contributed by atoms with Crippen LogP contribution >= 0.6 is 9.24 Å². The van der Waals surface area contributed by atoms with Crippen LogP contribution in [0.3, 0.4) is 0 Å². The number of pyridine rings is 1. The monoisotopic (exact) mass is 580 g/mol. The van der Waals surface area contributed by atoms with Crippen LogP contribution in [-0.4, -0.2) is 68.1 Å². The molecule has 1 heterocycles. The van der Waals surface area contributed by atoms with Gasteiger partial charge in [0.05, 0.1) is 33.6 Å². The van der Waals surface area contributed by atoms with Crippen LogP contribution in [0.4, 0.5) is 10.1 Å². The summed E-state index contributed by atoms with van der Waals surface area (Å²) in [5.74, 6) is -5.58. The Labute approximate surface area is 237 Å². The average molecular weight is 581 g/mol. The third kappa shape index (κ3) is 4.14. The maximum Gasteiger partial charge on any atom is 0.257 e. The van der Waals surface area contributed by atoms with E-state index in [0.717, 1.165) is 6.07 Å². The molecule has 6 N–H and O–H groups in total. The fourth-order valence-electron chi connectivity index (χ4n) is 6.61. The molecule has 0 aliphatic heterocycles. The van der Waals surface area contributed by atoms with E-state index < -0.39 is 52.2 Å². The summed E-state index contributed by atoms with van der Waals surface area (Å²) in [4.78, 5) is 44.7. The predicted molar refractivity (Wildman–Crippen MR) is 152 cm³/mol. The van der Waals surface area contributed by atoms with Gasteiger partial charge in [-0.05, 0) is 57.5 Å². The number of likely N-dealkylation sites (N-methyl/N-ethyl adjacent to an activating group) is 1. The average Bonchev–Trinajstić information content (AvgIpc) is 2.92. The second-order valence-electron chi connectivity index (χ2n) is 10.7. The number of aromatic hydroxyl groups is 1. The van der Waals surface area contributed by atoms with E-state index in [1.807, 2.05) is 0 Å². The summed E-state index contributed by atoms with van der Waals surface area (Å²) in [5.41, 5.74) is 5.19. The molecule has 0 saturated heterocycles. The molecule has 2 aromatic rings. The third-order valence-corrected chi connectivity index (χ3v) is 9.36. The van der Waals surface area contributed by atoms with Gasteiger partial charge in [0, 0.05) is 35.5 Å². The SMILES string of the molecule is CC=C1C(C(N)=O)=C(O)[C@@H](N(C)C)[C@@H]2C[C@@H]3Cc4c(F)cc(NC(=O)c5cccnc5)c(O)c4C(=O)C3=C(O)[C@]12P. The van der Waals surface area contributed by atoms with Crippen molar-refractivity contribution >= 4 is 32.5 Å². The van der Waals surface area contributed by atoms with E-state index in [4.69, 9.17) is 5.73 Å². The molecule has 1 aromatic carbocycles. The number of benzene rings is 1. The number of Topliss-reactive ketones (excluding diaryl/α,β-unsaturated/α-hetero) is 1. The molecule has 12 heteroatoms. The molecule has 0 fully saturated rings. The Morgan fingerprint density at radius 3 is 2.59 bits per heavy atom. The van der Waals surface area contributed by atoms with Gasteiger partial charge in [-0.3, -0.25) is 24.3 Å². The van der Waals surface area contributed by atoms with Crippen molar-refractivity contribution in [2.75, 3.05) is 19.4 Å². The summed E-state index contributed by atoms with van der Waals surface area (Å²) in [6.45, 7) is 1.63. The molecular weight excluding hydrogens is 550 g/mol. The van der Waals surface area contributed by atoms with Crippen molar-refractivity contribution in [1.29, 1.82) is 0 Å². The maximum atomic E-state index is 15.5. The minimum Gasteiger partial charge on any atom is -0.511 e. The lowest BCUT2D eigenvalue weighted by atomic mass is 9.59. The molecule has 0 bridgehead atoms. The molecule has 3 aliphatic carbocycles. The molecule has 0 spiro atoms. The number of anilines is 1. The fourth-order valence-corrected chi connectivity index (χ4v) is 7.39. The number of primary amides is 1. The van der Waals surface area contributed by atoms with Gasteiger partial charge in [-0.1, -0.05) is 6.08 Å². The van der Waals surface area contributed by atoms with Crippen LogP contribution in [0.5, 0.6) is 5.75 Å². The van der Waals surface area contributed by atoms with Gasteiger partial charge in [-0.2, -0.15) is 0 Å². The number of halogens is 1. The Hall–Kier alpha value is -4.08. The molecule has 0 saturated carbocycles. The Balaban J connectivity index is 1.66. The normalized spacial score (nSPS) is 26.5. The molecular formula is C29H30FN4O6P. The van der Waals surface area contributed by atoms with Crippen LogP contribution in [0.2, 0.25) is 0 Å². The Kier molecular flexibility index (Phi) is 6.99. The van der Waals surface area contributed by atoms with Gasteiger partial charge in [-0.15, -0.1) is 9.24 Å². The molecule has 1 aromatic heterocycles. The van der Waals surface area contributed by atoms with Gasteiger partial charge in [-0.25, -0.2) is 4.39 Å². The molecule has 10 nitrogen and oxygen atoms in total. The van der Waals surface area contributed by atoms with E-state index in [2.05, 4.69) is 19.5 Å². The minimum absolute atomic E-state index is 0.0214. The largest absolute Gasteiger partial charge is 0.511 e. The van der Waals surface area contributed by atoms with Crippen molar-refractivity contribution in [3.8, 4) is 5.75 Å². The van der Waals surface area contributed by atoms with Crippen molar-refractivity contribution in [1.82, 2.24) is 9.88 Å². The number of ketones is 1. The first-order chi connectivity index (χ1) is 19.3. The zero-order valence-electron chi connectivity index (χ0n) is 22.6. The first-order valence-electron chi connectivity index (χ1n) is 12.9. The first kappa shape index (κ1) is 28.4. The van der Waals surface area contributed by atoms with Crippen LogP contribution in [0, 0.1) is 17.7 Å². The highest BCUT2D eigenvalue weighted by atomic mass is 31.0. The maximum absolute atomic E-state index is 15.5. The molecule has 0 radical (unpaired) electrons. The summed E-state index contributed by atoms with van der Waals surface area (Å²) in [5, 5.41) is 35.2. The standard InChI is InChI=1S/C29H30FN4O6P/c1-4-15-21(27(31)39)25(37)22(34(2)3)16-9-13-8-14-17(30)10-18(33-28(40)12-6-5-7-32-11-12)23(35)20(14)24(36)19(13)26(38)29(15,16)41/h4-7,10-11,13,16,22,35,37-38H,8-9,41H2,1-3H3,(H2,31,39)(H,33,40)/t13-,16-,22-,29-/m0/s1. The number of fused-ring (bicyclic) bond motifs is 3. The summed E-state index contributed by atoms with van der Waals surface area (Å²) in [7, 11) is 5.97. The molecule has 2 amide bonds. The van der Waals surface area contributed by atoms with E-state index >= 15 is 4.39 Å². The number of aliphatic hydroxyl groups is 2. The number of hydrogen-bond donors (Lipinski definition) is 5. The van der Waals surface area contributed by atoms with E-state index in [9.17, 15) is 29.7 Å². The zero-order valence-corrected chi connectivity index (χ0v) is 23.8. The highest BCUT2D eigenvalue weighted by molar-refractivity contribution is 7.20. The molecule has 5 atom stereocenters. The van der Waals surface area contributed by atoms with E-state index in [-0.39, 0.29) is 63.5 Å². The second kappa shape index (κ2) is 10.1. The smallest absolute Gasteiger partial charge is 0.257 e. The fraction of sp³-hybridized carbons (Fsp3) is 0.310. The summed E-state index contributed by atoms with van der Waals surface area (Å²) in [6, 6.07) is 3.24. The van der Waals surface area contributed by atoms with Crippen LogP contribution in [0.25, 0.3) is 0 Å². The van der Waals surface area contributed by atoms with E-state index in [1.54, 1.807) is 38.1 Å². The molecule has 214 valence electrons. The van der Waals surface area contributed by atoms with Crippen LogP contribution < -0.4 is 11.1 Å². The topological polar surface area (TPSA) is 166 Å². The number of amides is 2. The van der Waals surface area contributed by atoms with Crippen LogP contribution in [0.15, 0.2) is 64.9 Å². The summed E-state index contributed by atoms with van der Waals surface area (Å²) >= 11 is 0. The molecule has 3 aliphatic rings. The van der Waals surface area contributed by atoms with Crippen molar-refractivity contribution in [2.24, 2.45) is 17.6 Å². The highest BCUT2D eigenvalue weighted by Gasteiger charge is 2.59. The number of nitrogens with zero attached hydrogens (tertiary/aromatic N) is 2. The lowest BCUT2D eigenvalue weighted by Gasteiger charge is -2.53. The number of nitrogens with one attached hydrogen (secondary N) is 1. The van der Waals surface area contributed by atoms with Crippen molar-refractivity contribution in [3.05, 3.63) is 87.4 Å². The van der Waals surface area contributed by atoms with Gasteiger partial charge < -0.3 is 26.4 Å². The number of phenolic OH excluding ortho intramolecular Hbond substituents is 1. The summed E-state index contributed by atoms with van der Waals surface area (Å²) in [6.07, 6.45) is 4.55. The number of phenols is 1. The van der Waals surface area contributed by atoms with Crippen molar-refractivity contribution < 1.29 is 34.1 Å². The number of aliphatic hydroxyl groups excluding tert-OH is 2. The van der Waals surface area contributed by atoms with Gasteiger partial charge >= 0.3 is 0 Å². The Morgan fingerprint density at radius 1 is 1.29 bits per heavy atom. The van der Waals surface area contributed by atoms with Gasteiger partial charge in [0.25, 0.3) is 11.8 Å². The first-order valence-corrected chi connectivity index (χ1v) is 13.5. The molecule has 5 rings (SSSR count). The summed E-state index contributed by atoms with van der Waals surface area (Å²) < 4.78 is 15.5. The van der Waals surface area contributed by atoms with Crippen molar-refractivity contribution in [2.45, 2.75) is 31.0 Å². The predicted octanol–water partition coefficient (Wildman–Crippen LogP) is 3.17. The van der Waals surface area contributed by atoms with Gasteiger partial charge in [0.2, 0.25) is 0 Å². The Bertz CT molecular complexity index is 1600. The number of rotatable bonds is 4. The van der Waals surface area contributed by atoms with E-state index in [1.165, 1.54) is 18.5 Å². The quantitative estimate of drug-likeness (QED) is 0.272. The van der Waals surface area contributed by atoms with Crippen LogP contribution in [0.1, 0.15) is 39.6 Å². The molecule has 41 heavy (non-hydrogen) atoms. The number of allylic oxidation sites excluding steroid dienone is 3. The van der Waals surface area contributed by atoms with Crippen molar-refractivity contribution in [3.63, 3.8) is 0 Å². The second-order valence-corrected chi connectivity index (χ2v) is 11.7. The minimum atomic E-state index is -1.39. The number of carbonyl (C=O) groups is 3. The zero-order chi connectivity index (χ0) is 30.0. The third-order valence-electron chi connectivity index (χ3n) is 8.35. The van der Waals surface area contributed by atoms with Crippen LogP contribution in [-0.2, 0) is 11.2 Å². The Morgan fingerprint density at radius 2 is 2.00 bits per heavy atom. The highest BCUT2D eigenvalue weighted by Crippen LogP contribution is 2.59. The van der Waals surface area contributed by atoms with Gasteiger partial charge in [0.15, 0.2) is 11.5 Å². The number of nitrogens with two attached hydrogens (primary N) is 1. The lowest BCUT2D eigenvalue weighted by molar-refractivity contribution is -0.114.